The first kappa shape index (κ1) is 18.4. The van der Waals surface area contributed by atoms with Crippen molar-refractivity contribution in [3.8, 4) is 0 Å². The number of rotatable bonds is 4. The molecule has 4 amide bonds. The zero-order valence-electron chi connectivity index (χ0n) is 14.7. The number of benzene rings is 2. The van der Waals surface area contributed by atoms with Gasteiger partial charge in [-0.15, -0.1) is 0 Å². The van der Waals surface area contributed by atoms with Gasteiger partial charge in [-0.2, -0.15) is 0 Å². The molecule has 1 atom stereocenters. The van der Waals surface area contributed by atoms with E-state index in [0.29, 0.717) is 17.1 Å². The molecule has 3 N–H and O–H groups in total. The molecule has 1 aliphatic heterocycles. The Kier molecular flexibility index (Phi) is 5.35. The quantitative estimate of drug-likeness (QED) is 0.773. The van der Waals surface area contributed by atoms with Gasteiger partial charge in [-0.3, -0.25) is 9.59 Å². The predicted octanol–water partition coefficient (Wildman–Crippen LogP) is 2.71. The lowest BCUT2D eigenvalue weighted by Gasteiger charge is -2.17. The lowest BCUT2D eigenvalue weighted by Crippen LogP contribution is -2.39. The Bertz CT molecular complexity index is 870. The molecule has 7 nitrogen and oxygen atoms in total. The molecule has 0 saturated carbocycles. The Morgan fingerprint density at radius 3 is 2.37 bits per heavy atom. The molecule has 0 radical (unpaired) electrons. The fourth-order valence-electron chi connectivity index (χ4n) is 2.89. The zero-order valence-corrected chi connectivity index (χ0v) is 14.7. The number of nitrogens with zero attached hydrogens (tertiary/aromatic N) is 1. The molecule has 1 heterocycles. The van der Waals surface area contributed by atoms with Crippen LogP contribution in [0.5, 0.6) is 0 Å². The van der Waals surface area contributed by atoms with Crippen LogP contribution in [0.2, 0.25) is 0 Å². The van der Waals surface area contributed by atoms with Gasteiger partial charge in [-0.25, -0.2) is 9.18 Å². The molecule has 140 valence electrons. The lowest BCUT2D eigenvalue weighted by atomic mass is 10.2. The fraction of sp³-hybridized carbons (Fsp3) is 0.211. The van der Waals surface area contributed by atoms with Crippen LogP contribution in [0.4, 0.5) is 26.2 Å². The van der Waals surface area contributed by atoms with Crippen molar-refractivity contribution in [1.29, 1.82) is 0 Å². The summed E-state index contributed by atoms with van der Waals surface area (Å²) in [4.78, 5) is 36.8. The molecule has 3 rings (SSSR count). The monoisotopic (exact) mass is 370 g/mol. The molecule has 8 heteroatoms. The second-order valence-corrected chi connectivity index (χ2v) is 6.24. The van der Waals surface area contributed by atoms with Crippen molar-refractivity contribution < 1.29 is 18.8 Å². The van der Waals surface area contributed by atoms with E-state index < -0.39 is 11.8 Å². The van der Waals surface area contributed by atoms with E-state index >= 15 is 0 Å². The summed E-state index contributed by atoms with van der Waals surface area (Å²) < 4.78 is 13.4. The molecular formula is C19H19FN4O3. The summed E-state index contributed by atoms with van der Waals surface area (Å²) in [7, 11) is 0. The highest BCUT2D eigenvalue weighted by molar-refractivity contribution is 5.97. The van der Waals surface area contributed by atoms with Gasteiger partial charge in [0.1, 0.15) is 5.82 Å². The van der Waals surface area contributed by atoms with Crippen molar-refractivity contribution in [2.75, 3.05) is 22.1 Å². The fourth-order valence-corrected chi connectivity index (χ4v) is 2.89. The average Bonchev–Trinajstić information content (AvgIpc) is 2.96. The third-order valence-electron chi connectivity index (χ3n) is 4.04. The Balaban J connectivity index is 1.55. The number of halogens is 1. The number of anilines is 3. The molecule has 0 aromatic heterocycles. The standard InChI is InChI=1S/C19H19FN4O3/c1-12(25)21-14-5-7-15(8-6-14)22-19(27)23-16-10-18(26)24(11-16)17-4-2-3-13(20)9-17/h2-9,16H,10-11H2,1H3,(H,21,25)(H2,22,23,27). The molecule has 1 aliphatic rings. The second kappa shape index (κ2) is 7.86. The topological polar surface area (TPSA) is 90.5 Å². The Morgan fingerprint density at radius 2 is 1.74 bits per heavy atom. The van der Waals surface area contributed by atoms with Gasteiger partial charge in [0.15, 0.2) is 0 Å². The summed E-state index contributed by atoms with van der Waals surface area (Å²) in [5, 5.41) is 8.05. The van der Waals surface area contributed by atoms with E-state index in [-0.39, 0.29) is 30.8 Å². The van der Waals surface area contributed by atoms with Crippen LogP contribution >= 0.6 is 0 Å². The maximum Gasteiger partial charge on any atom is 0.319 e. The van der Waals surface area contributed by atoms with E-state index in [1.165, 1.54) is 30.0 Å². The first-order valence-corrected chi connectivity index (χ1v) is 8.42. The first-order valence-electron chi connectivity index (χ1n) is 8.42. The molecule has 1 fully saturated rings. The van der Waals surface area contributed by atoms with E-state index in [2.05, 4.69) is 16.0 Å². The molecule has 0 aliphatic carbocycles. The van der Waals surface area contributed by atoms with Gasteiger partial charge < -0.3 is 20.9 Å². The van der Waals surface area contributed by atoms with E-state index in [4.69, 9.17) is 0 Å². The molecule has 1 saturated heterocycles. The maximum atomic E-state index is 13.4. The summed E-state index contributed by atoms with van der Waals surface area (Å²) in [6, 6.07) is 11.6. The number of urea groups is 1. The van der Waals surface area contributed by atoms with Crippen molar-refractivity contribution in [3.05, 3.63) is 54.3 Å². The van der Waals surface area contributed by atoms with E-state index in [9.17, 15) is 18.8 Å². The zero-order chi connectivity index (χ0) is 19.4. The molecule has 2 aromatic carbocycles. The van der Waals surface area contributed by atoms with Crippen molar-refractivity contribution in [1.82, 2.24) is 5.32 Å². The minimum absolute atomic E-state index is 0.144. The van der Waals surface area contributed by atoms with Gasteiger partial charge in [0.05, 0.1) is 6.04 Å². The smallest absolute Gasteiger partial charge is 0.319 e. The van der Waals surface area contributed by atoms with Crippen LogP contribution < -0.4 is 20.9 Å². The molecule has 27 heavy (non-hydrogen) atoms. The highest BCUT2D eigenvalue weighted by atomic mass is 19.1. The van der Waals surface area contributed by atoms with Gasteiger partial charge in [-0.1, -0.05) is 6.07 Å². The number of carbonyl (C=O) groups excluding carboxylic acids is 3. The van der Waals surface area contributed by atoms with E-state index in [0.717, 1.165) is 0 Å². The third-order valence-corrected chi connectivity index (χ3v) is 4.04. The Labute approximate surface area is 155 Å². The first-order chi connectivity index (χ1) is 12.9. The van der Waals surface area contributed by atoms with Gasteiger partial charge in [0.2, 0.25) is 11.8 Å². The summed E-state index contributed by atoms with van der Waals surface area (Å²) in [6.07, 6.45) is 0.144. The van der Waals surface area contributed by atoms with Crippen LogP contribution in [0.1, 0.15) is 13.3 Å². The highest BCUT2D eigenvalue weighted by Gasteiger charge is 2.31. The largest absolute Gasteiger partial charge is 0.333 e. The van der Waals surface area contributed by atoms with E-state index in [1.807, 2.05) is 0 Å². The van der Waals surface area contributed by atoms with Crippen LogP contribution in [0, 0.1) is 5.82 Å². The van der Waals surface area contributed by atoms with Crippen LogP contribution in [0.25, 0.3) is 0 Å². The lowest BCUT2D eigenvalue weighted by molar-refractivity contribution is -0.117. The normalized spacial score (nSPS) is 16.1. The molecule has 1 unspecified atom stereocenters. The second-order valence-electron chi connectivity index (χ2n) is 6.24. The molecule has 0 bridgehead atoms. The number of hydrogen-bond acceptors (Lipinski definition) is 3. The summed E-state index contributed by atoms with van der Waals surface area (Å²) in [5.41, 5.74) is 1.65. The van der Waals surface area contributed by atoms with Gasteiger partial charge >= 0.3 is 6.03 Å². The maximum absolute atomic E-state index is 13.4. The Hall–Kier alpha value is -3.42. The minimum atomic E-state index is -0.443. The van der Waals surface area contributed by atoms with Crippen LogP contribution in [0.3, 0.4) is 0 Å². The van der Waals surface area contributed by atoms with Gasteiger partial charge in [-0.05, 0) is 42.5 Å². The highest BCUT2D eigenvalue weighted by Crippen LogP contribution is 2.22. The van der Waals surface area contributed by atoms with Crippen molar-refractivity contribution in [3.63, 3.8) is 0 Å². The summed E-state index contributed by atoms with van der Waals surface area (Å²) >= 11 is 0. The summed E-state index contributed by atoms with van der Waals surface area (Å²) in [5.74, 6) is -0.773. The van der Waals surface area contributed by atoms with E-state index in [1.54, 1.807) is 30.3 Å². The van der Waals surface area contributed by atoms with Gasteiger partial charge in [0.25, 0.3) is 0 Å². The number of nitrogens with one attached hydrogen (secondary N) is 3. The van der Waals surface area contributed by atoms with Gasteiger partial charge in [0, 0.05) is 37.0 Å². The number of carbonyl (C=O) groups is 3. The average molecular weight is 370 g/mol. The third kappa shape index (κ3) is 4.81. The van der Waals surface area contributed by atoms with Crippen LogP contribution in [-0.2, 0) is 9.59 Å². The summed E-state index contributed by atoms with van der Waals surface area (Å²) in [6.45, 7) is 1.69. The Morgan fingerprint density at radius 1 is 1.07 bits per heavy atom. The van der Waals surface area contributed by atoms with Crippen molar-refractivity contribution in [2.45, 2.75) is 19.4 Å². The number of hydrogen-bond donors (Lipinski definition) is 3. The predicted molar refractivity (Wildman–Crippen MR) is 100 cm³/mol. The molecular weight excluding hydrogens is 351 g/mol. The molecule has 0 spiro atoms. The minimum Gasteiger partial charge on any atom is -0.333 e. The number of amides is 4. The van der Waals surface area contributed by atoms with Crippen molar-refractivity contribution in [2.24, 2.45) is 0 Å². The van der Waals surface area contributed by atoms with Crippen LogP contribution in [-0.4, -0.2) is 30.4 Å². The van der Waals surface area contributed by atoms with Crippen LogP contribution in [0.15, 0.2) is 48.5 Å². The van der Waals surface area contributed by atoms with Crippen molar-refractivity contribution >= 4 is 34.9 Å². The molecule has 2 aromatic rings. The SMILES string of the molecule is CC(=O)Nc1ccc(NC(=O)NC2CC(=O)N(c3cccc(F)c3)C2)cc1.